The average molecular weight is 435 g/mol. The van der Waals surface area contributed by atoms with Gasteiger partial charge < -0.3 is 5.32 Å². The third-order valence-corrected chi connectivity index (χ3v) is 8.21. The highest BCUT2D eigenvalue weighted by Crippen LogP contribution is 2.26. The van der Waals surface area contributed by atoms with Gasteiger partial charge in [-0.05, 0) is 55.4 Å². The van der Waals surface area contributed by atoms with E-state index in [0.717, 1.165) is 37.7 Å². The van der Waals surface area contributed by atoms with Gasteiger partial charge in [-0.1, -0.05) is 19.4 Å². The molecule has 0 bridgehead atoms. The molecule has 2 aliphatic heterocycles. The van der Waals surface area contributed by atoms with Gasteiger partial charge >= 0.3 is 6.03 Å². The van der Waals surface area contributed by atoms with E-state index in [1.165, 1.54) is 14.8 Å². The third-order valence-electron chi connectivity index (χ3n) is 6.31. The van der Waals surface area contributed by atoms with Crippen LogP contribution < -0.4 is 5.32 Å². The van der Waals surface area contributed by atoms with E-state index in [-0.39, 0.29) is 18.6 Å². The number of hydrogen-bond acceptors (Lipinski definition) is 5. The van der Waals surface area contributed by atoms with Crippen molar-refractivity contribution in [1.82, 2.24) is 19.4 Å². The van der Waals surface area contributed by atoms with E-state index in [2.05, 4.69) is 5.32 Å². The molecule has 1 N–H and O–H groups in total. The predicted octanol–water partition coefficient (Wildman–Crippen LogP) is 1.55. The van der Waals surface area contributed by atoms with Crippen LogP contribution in [-0.2, 0) is 27.7 Å². The standard InChI is InChI=1S/C21H30N4O4S/c1-2-5-19-20(26)25(21(27)22-19)15-23-10-12-24(13-11-23)30(28,29)18-9-8-16-6-3-4-7-17(16)14-18/h8-9,14,19H,2-7,10-13,15H2,1H3,(H,22,27). The molecule has 2 fully saturated rings. The summed E-state index contributed by atoms with van der Waals surface area (Å²) in [5.41, 5.74) is 2.42. The van der Waals surface area contributed by atoms with E-state index in [1.807, 2.05) is 24.0 Å². The molecule has 1 unspecified atom stereocenters. The molecule has 1 atom stereocenters. The van der Waals surface area contributed by atoms with E-state index >= 15 is 0 Å². The van der Waals surface area contributed by atoms with Crippen LogP contribution in [0.3, 0.4) is 0 Å². The minimum absolute atomic E-state index is 0.189. The Balaban J connectivity index is 1.37. The number of rotatable bonds is 6. The summed E-state index contributed by atoms with van der Waals surface area (Å²) in [4.78, 5) is 28.1. The van der Waals surface area contributed by atoms with E-state index in [9.17, 15) is 18.0 Å². The van der Waals surface area contributed by atoms with Gasteiger partial charge in [0.15, 0.2) is 0 Å². The summed E-state index contributed by atoms with van der Waals surface area (Å²) in [6.45, 7) is 3.85. The van der Waals surface area contributed by atoms with Crippen molar-refractivity contribution in [3.8, 4) is 0 Å². The number of benzene rings is 1. The van der Waals surface area contributed by atoms with Crippen LogP contribution >= 0.6 is 0 Å². The van der Waals surface area contributed by atoms with Crippen LogP contribution in [0.1, 0.15) is 43.7 Å². The summed E-state index contributed by atoms with van der Waals surface area (Å²) < 4.78 is 27.8. The first-order valence-corrected chi connectivity index (χ1v) is 12.3. The minimum atomic E-state index is -3.54. The number of piperazine rings is 1. The molecule has 0 radical (unpaired) electrons. The Morgan fingerprint density at radius 1 is 1.03 bits per heavy atom. The Kier molecular flexibility index (Phi) is 6.13. The Labute approximate surface area is 178 Å². The van der Waals surface area contributed by atoms with Crippen LogP contribution in [-0.4, -0.2) is 73.4 Å². The van der Waals surface area contributed by atoms with Gasteiger partial charge in [0, 0.05) is 26.2 Å². The van der Waals surface area contributed by atoms with Crippen molar-refractivity contribution in [2.24, 2.45) is 0 Å². The summed E-state index contributed by atoms with van der Waals surface area (Å²) in [6, 6.07) is 4.74. The van der Waals surface area contributed by atoms with E-state index in [4.69, 9.17) is 0 Å². The molecule has 164 valence electrons. The molecule has 2 heterocycles. The number of carbonyl (C=O) groups is 2. The fourth-order valence-corrected chi connectivity index (χ4v) is 6.00. The lowest BCUT2D eigenvalue weighted by atomic mass is 9.92. The quantitative estimate of drug-likeness (QED) is 0.686. The summed E-state index contributed by atoms with van der Waals surface area (Å²) in [7, 11) is -3.54. The summed E-state index contributed by atoms with van der Waals surface area (Å²) in [5.74, 6) is -0.189. The second-order valence-electron chi connectivity index (χ2n) is 8.36. The van der Waals surface area contributed by atoms with Gasteiger partial charge in [0.2, 0.25) is 10.0 Å². The molecule has 2 saturated heterocycles. The van der Waals surface area contributed by atoms with Gasteiger partial charge in [0.1, 0.15) is 6.04 Å². The molecule has 3 aliphatic rings. The molecule has 0 saturated carbocycles. The topological polar surface area (TPSA) is 90.0 Å². The van der Waals surface area contributed by atoms with Crippen LogP contribution in [0.5, 0.6) is 0 Å². The fraction of sp³-hybridized carbons (Fsp3) is 0.619. The van der Waals surface area contributed by atoms with E-state index in [0.29, 0.717) is 37.5 Å². The molecule has 8 nitrogen and oxygen atoms in total. The van der Waals surface area contributed by atoms with E-state index in [1.54, 1.807) is 6.07 Å². The van der Waals surface area contributed by atoms with Gasteiger partial charge in [-0.25, -0.2) is 18.1 Å². The molecule has 4 rings (SSSR count). The number of sulfonamides is 1. The maximum atomic E-state index is 13.1. The van der Waals surface area contributed by atoms with Crippen LogP contribution in [0.4, 0.5) is 4.79 Å². The van der Waals surface area contributed by atoms with Crippen LogP contribution in [0.15, 0.2) is 23.1 Å². The zero-order chi connectivity index (χ0) is 21.3. The van der Waals surface area contributed by atoms with Gasteiger partial charge in [-0.3, -0.25) is 9.69 Å². The zero-order valence-corrected chi connectivity index (χ0v) is 18.3. The highest BCUT2D eigenvalue weighted by molar-refractivity contribution is 7.89. The smallest absolute Gasteiger partial charge is 0.325 e. The molecule has 30 heavy (non-hydrogen) atoms. The number of nitrogens with zero attached hydrogens (tertiary/aromatic N) is 3. The molecule has 9 heteroatoms. The maximum absolute atomic E-state index is 13.1. The number of carbonyl (C=O) groups excluding carboxylic acids is 2. The molecule has 1 aromatic carbocycles. The monoisotopic (exact) mass is 434 g/mol. The number of amides is 3. The fourth-order valence-electron chi connectivity index (χ4n) is 4.53. The Morgan fingerprint density at radius 3 is 2.43 bits per heavy atom. The second-order valence-corrected chi connectivity index (χ2v) is 10.3. The maximum Gasteiger partial charge on any atom is 0.325 e. The van der Waals surface area contributed by atoms with E-state index < -0.39 is 16.1 Å². The third kappa shape index (κ3) is 4.10. The SMILES string of the molecule is CCCC1NC(=O)N(CN2CCN(S(=O)(=O)c3ccc4c(c3)CCCC4)CC2)C1=O. The van der Waals surface area contributed by atoms with Gasteiger partial charge in [-0.2, -0.15) is 4.31 Å². The van der Waals surface area contributed by atoms with Crippen molar-refractivity contribution >= 4 is 22.0 Å². The molecule has 3 amide bonds. The number of nitrogens with one attached hydrogen (secondary N) is 1. The molecular weight excluding hydrogens is 404 g/mol. The average Bonchev–Trinajstić information content (AvgIpc) is 3.01. The Hall–Kier alpha value is -1.97. The van der Waals surface area contributed by atoms with Crippen LogP contribution in [0.2, 0.25) is 0 Å². The molecular formula is C21H30N4O4S. The largest absolute Gasteiger partial charge is 0.326 e. The molecule has 0 aromatic heterocycles. The molecule has 1 aliphatic carbocycles. The highest BCUT2D eigenvalue weighted by atomic mass is 32.2. The van der Waals surface area contributed by atoms with Crippen molar-refractivity contribution in [3.63, 3.8) is 0 Å². The number of fused-ring (bicyclic) bond motifs is 1. The summed E-state index contributed by atoms with van der Waals surface area (Å²) in [5, 5.41) is 2.73. The first-order chi connectivity index (χ1) is 14.4. The van der Waals surface area contributed by atoms with Gasteiger partial charge in [0.05, 0.1) is 11.6 Å². The zero-order valence-electron chi connectivity index (χ0n) is 17.5. The number of imide groups is 1. The minimum Gasteiger partial charge on any atom is -0.326 e. The Morgan fingerprint density at radius 2 is 1.73 bits per heavy atom. The van der Waals surface area contributed by atoms with Crippen molar-refractivity contribution in [1.29, 1.82) is 0 Å². The lowest BCUT2D eigenvalue weighted by Gasteiger charge is -2.35. The van der Waals surface area contributed by atoms with Gasteiger partial charge in [0.25, 0.3) is 5.91 Å². The normalized spacial score (nSPS) is 23.5. The number of aryl methyl sites for hydroxylation is 2. The van der Waals surface area contributed by atoms with Crippen LogP contribution in [0.25, 0.3) is 0 Å². The molecule has 1 aromatic rings. The van der Waals surface area contributed by atoms with Crippen molar-refractivity contribution in [2.75, 3.05) is 32.8 Å². The van der Waals surface area contributed by atoms with Crippen molar-refractivity contribution < 1.29 is 18.0 Å². The Bertz CT molecular complexity index is 925. The highest BCUT2D eigenvalue weighted by Gasteiger charge is 2.39. The first kappa shape index (κ1) is 21.3. The summed E-state index contributed by atoms with van der Waals surface area (Å²) in [6.07, 6.45) is 5.69. The second kappa shape index (κ2) is 8.64. The lowest BCUT2D eigenvalue weighted by Crippen LogP contribution is -2.52. The predicted molar refractivity (Wildman–Crippen MR) is 112 cm³/mol. The van der Waals surface area contributed by atoms with Crippen molar-refractivity contribution in [3.05, 3.63) is 29.3 Å². The number of hydrogen-bond donors (Lipinski definition) is 1. The van der Waals surface area contributed by atoms with Gasteiger partial charge in [-0.15, -0.1) is 0 Å². The summed E-state index contributed by atoms with van der Waals surface area (Å²) >= 11 is 0. The first-order valence-electron chi connectivity index (χ1n) is 10.9. The molecule has 0 spiro atoms. The van der Waals surface area contributed by atoms with Crippen LogP contribution in [0, 0.1) is 0 Å². The number of urea groups is 1. The van der Waals surface area contributed by atoms with Crippen molar-refractivity contribution in [2.45, 2.75) is 56.4 Å². The lowest BCUT2D eigenvalue weighted by molar-refractivity contribution is -0.129.